The number of hydrogen-bond donors (Lipinski definition) is 0. The minimum atomic E-state index is -0.477. The summed E-state index contributed by atoms with van der Waals surface area (Å²) in [4.78, 5) is 25.9. The summed E-state index contributed by atoms with van der Waals surface area (Å²) < 4.78 is 4.40. The van der Waals surface area contributed by atoms with Crippen molar-refractivity contribution in [1.29, 1.82) is 0 Å². The number of carbonyl (C=O) groups excluding carboxylic acids is 2. The number of pyridine rings is 1. The summed E-state index contributed by atoms with van der Waals surface area (Å²) in [6, 6.07) is 3.71. The maximum Gasteiger partial charge on any atom is 0.313 e. The number of methoxy groups -OCH3 is 1. The van der Waals surface area contributed by atoms with E-state index in [9.17, 15) is 9.59 Å². The van der Waals surface area contributed by atoms with Gasteiger partial charge in [0.05, 0.1) is 7.11 Å². The van der Waals surface area contributed by atoms with E-state index in [-0.39, 0.29) is 12.2 Å². The van der Waals surface area contributed by atoms with Gasteiger partial charge in [-0.25, -0.2) is 0 Å². The van der Waals surface area contributed by atoms with Gasteiger partial charge in [0, 0.05) is 18.8 Å². The molecule has 0 amide bonds. The Kier molecular flexibility index (Phi) is 4.47. The van der Waals surface area contributed by atoms with E-state index in [0.717, 1.165) is 5.56 Å². The number of esters is 1. The summed E-state index contributed by atoms with van der Waals surface area (Å²) in [5.41, 5.74) is 1.04. The minimum Gasteiger partial charge on any atom is -0.469 e. The lowest BCUT2D eigenvalue weighted by atomic mass is 10.1. The second-order valence-electron chi connectivity index (χ2n) is 3.15. The highest BCUT2D eigenvalue weighted by Crippen LogP contribution is 2.03. The topological polar surface area (TPSA) is 56.3 Å². The first-order chi connectivity index (χ1) is 7.22. The number of carbonyl (C=O) groups is 2. The van der Waals surface area contributed by atoms with Crippen molar-refractivity contribution in [3.63, 3.8) is 0 Å². The monoisotopic (exact) mass is 207 g/mol. The van der Waals surface area contributed by atoms with Crippen LogP contribution in [0.2, 0.25) is 0 Å². The van der Waals surface area contributed by atoms with E-state index in [1.807, 2.05) is 12.1 Å². The summed E-state index contributed by atoms with van der Waals surface area (Å²) in [6.07, 6.45) is 4.22. The average molecular weight is 207 g/mol. The van der Waals surface area contributed by atoms with E-state index in [1.165, 1.54) is 7.11 Å². The van der Waals surface area contributed by atoms with Crippen molar-refractivity contribution < 1.29 is 14.3 Å². The van der Waals surface area contributed by atoms with Crippen molar-refractivity contribution >= 4 is 11.8 Å². The zero-order valence-corrected chi connectivity index (χ0v) is 8.60. The quantitative estimate of drug-likeness (QED) is 0.536. The minimum absolute atomic E-state index is 0.0985. The van der Waals surface area contributed by atoms with Crippen molar-refractivity contribution in [3.05, 3.63) is 30.1 Å². The summed E-state index contributed by atoms with van der Waals surface area (Å²) in [6.45, 7) is 0. The fourth-order valence-electron chi connectivity index (χ4n) is 1.15. The van der Waals surface area contributed by atoms with Crippen molar-refractivity contribution in [3.8, 4) is 0 Å². The van der Waals surface area contributed by atoms with Gasteiger partial charge in [-0.1, -0.05) is 0 Å². The smallest absolute Gasteiger partial charge is 0.313 e. The molecule has 0 spiro atoms. The molecule has 0 unspecified atom stereocenters. The molecule has 0 radical (unpaired) electrons. The molecule has 1 aromatic heterocycles. The number of rotatable bonds is 5. The second kappa shape index (κ2) is 5.90. The van der Waals surface area contributed by atoms with Gasteiger partial charge in [0.2, 0.25) is 0 Å². The number of hydrogen-bond acceptors (Lipinski definition) is 4. The highest BCUT2D eigenvalue weighted by molar-refractivity contribution is 5.95. The largest absolute Gasteiger partial charge is 0.469 e. The zero-order valence-electron chi connectivity index (χ0n) is 8.60. The number of aryl methyl sites for hydroxylation is 1. The van der Waals surface area contributed by atoms with Crippen molar-refractivity contribution in [2.75, 3.05) is 7.11 Å². The zero-order chi connectivity index (χ0) is 11.1. The molecule has 0 aliphatic rings. The number of aromatic nitrogens is 1. The van der Waals surface area contributed by atoms with Gasteiger partial charge in [-0.2, -0.15) is 0 Å². The molecule has 0 N–H and O–H groups in total. The second-order valence-corrected chi connectivity index (χ2v) is 3.15. The molecular formula is C11H13NO3. The lowest BCUT2D eigenvalue weighted by molar-refractivity contribution is -0.143. The van der Waals surface area contributed by atoms with Gasteiger partial charge in [-0.05, 0) is 24.1 Å². The van der Waals surface area contributed by atoms with Crippen LogP contribution in [0, 0.1) is 0 Å². The molecule has 0 aromatic carbocycles. The number of ether oxygens (including phenoxy) is 1. The molecule has 0 saturated carbocycles. The molecule has 1 rings (SSSR count). The Morgan fingerprint density at radius 1 is 1.33 bits per heavy atom. The molecule has 0 saturated heterocycles. The Morgan fingerprint density at radius 2 is 2.00 bits per heavy atom. The average Bonchev–Trinajstić information content (AvgIpc) is 2.27. The molecule has 1 heterocycles. The normalized spacial score (nSPS) is 9.67. The van der Waals surface area contributed by atoms with Crippen LogP contribution in [0.1, 0.15) is 18.4 Å². The third-order valence-corrected chi connectivity index (χ3v) is 2.01. The molecular weight excluding hydrogens is 194 g/mol. The van der Waals surface area contributed by atoms with Gasteiger partial charge in [-0.3, -0.25) is 14.6 Å². The third-order valence-electron chi connectivity index (χ3n) is 2.01. The van der Waals surface area contributed by atoms with Crippen molar-refractivity contribution in [2.24, 2.45) is 0 Å². The Bertz CT molecular complexity index is 335. The van der Waals surface area contributed by atoms with Crippen LogP contribution in [-0.4, -0.2) is 23.8 Å². The highest BCUT2D eigenvalue weighted by atomic mass is 16.5. The summed E-state index contributed by atoms with van der Waals surface area (Å²) in [5, 5.41) is 0. The number of Topliss-reactive ketones (excluding diaryl/α,β-unsaturated/α-hetero) is 1. The van der Waals surface area contributed by atoms with E-state index >= 15 is 0 Å². The molecule has 4 heteroatoms. The summed E-state index contributed by atoms with van der Waals surface area (Å²) in [7, 11) is 1.28. The molecule has 4 nitrogen and oxygen atoms in total. The third kappa shape index (κ3) is 4.35. The van der Waals surface area contributed by atoms with E-state index in [0.29, 0.717) is 12.8 Å². The first-order valence-electron chi connectivity index (χ1n) is 4.70. The van der Waals surface area contributed by atoms with Crippen LogP contribution in [0.15, 0.2) is 24.5 Å². The SMILES string of the molecule is COC(=O)CC(=O)CCc1ccncc1. The van der Waals surface area contributed by atoms with E-state index in [2.05, 4.69) is 9.72 Å². The van der Waals surface area contributed by atoms with Crippen LogP contribution in [0.25, 0.3) is 0 Å². The molecule has 0 atom stereocenters. The molecule has 0 bridgehead atoms. The summed E-state index contributed by atoms with van der Waals surface area (Å²) >= 11 is 0. The fourth-order valence-corrected chi connectivity index (χ4v) is 1.15. The first kappa shape index (κ1) is 11.4. The fraction of sp³-hybridized carbons (Fsp3) is 0.364. The molecule has 80 valence electrons. The van der Waals surface area contributed by atoms with Crippen molar-refractivity contribution in [2.45, 2.75) is 19.3 Å². The summed E-state index contributed by atoms with van der Waals surface area (Å²) in [5.74, 6) is -0.576. The molecule has 0 aliphatic carbocycles. The van der Waals surface area contributed by atoms with Gasteiger partial charge in [0.25, 0.3) is 0 Å². The van der Waals surface area contributed by atoms with Crippen molar-refractivity contribution in [1.82, 2.24) is 4.98 Å². The van der Waals surface area contributed by atoms with Crippen LogP contribution in [0.5, 0.6) is 0 Å². The maximum absolute atomic E-state index is 11.3. The standard InChI is InChI=1S/C11H13NO3/c1-15-11(14)8-10(13)3-2-9-4-6-12-7-5-9/h4-7H,2-3,8H2,1H3. The molecule has 15 heavy (non-hydrogen) atoms. The predicted octanol–water partition coefficient (Wildman–Crippen LogP) is 1.15. The molecule has 1 aromatic rings. The van der Waals surface area contributed by atoms with Gasteiger partial charge in [0.15, 0.2) is 0 Å². The molecule has 0 aliphatic heterocycles. The Hall–Kier alpha value is -1.71. The Morgan fingerprint density at radius 3 is 2.60 bits per heavy atom. The number of ketones is 1. The van der Waals surface area contributed by atoms with Crippen LogP contribution >= 0.6 is 0 Å². The lowest BCUT2D eigenvalue weighted by Gasteiger charge is -2.00. The van der Waals surface area contributed by atoms with E-state index in [4.69, 9.17) is 0 Å². The Labute approximate surface area is 88.3 Å². The lowest BCUT2D eigenvalue weighted by Crippen LogP contribution is -2.09. The highest BCUT2D eigenvalue weighted by Gasteiger charge is 2.09. The van der Waals surface area contributed by atoms with Crippen LogP contribution in [0.3, 0.4) is 0 Å². The van der Waals surface area contributed by atoms with Gasteiger partial charge < -0.3 is 4.74 Å². The molecule has 0 fully saturated rings. The maximum atomic E-state index is 11.3. The van der Waals surface area contributed by atoms with E-state index < -0.39 is 5.97 Å². The van der Waals surface area contributed by atoms with Gasteiger partial charge in [0.1, 0.15) is 12.2 Å². The van der Waals surface area contributed by atoms with Crippen LogP contribution < -0.4 is 0 Å². The van der Waals surface area contributed by atoms with Gasteiger partial charge >= 0.3 is 5.97 Å². The first-order valence-corrected chi connectivity index (χ1v) is 4.70. The van der Waals surface area contributed by atoms with E-state index in [1.54, 1.807) is 12.4 Å². The van der Waals surface area contributed by atoms with Gasteiger partial charge in [-0.15, -0.1) is 0 Å². The number of nitrogens with zero attached hydrogens (tertiary/aromatic N) is 1. The Balaban J connectivity index is 2.32. The van der Waals surface area contributed by atoms with Crippen LogP contribution in [0.4, 0.5) is 0 Å². The predicted molar refractivity (Wildman–Crippen MR) is 54.2 cm³/mol. The van der Waals surface area contributed by atoms with Crippen LogP contribution in [-0.2, 0) is 20.7 Å².